The van der Waals surface area contributed by atoms with E-state index < -0.39 is 28.4 Å². The van der Waals surface area contributed by atoms with Gasteiger partial charge in [-0.3, -0.25) is 19.7 Å². The Morgan fingerprint density at radius 2 is 1.77 bits per heavy atom. The number of H-pyrrole nitrogens is 1. The van der Waals surface area contributed by atoms with Crippen LogP contribution in [0.15, 0.2) is 78.5 Å². The van der Waals surface area contributed by atoms with Crippen molar-refractivity contribution in [3.8, 4) is 11.5 Å². The van der Waals surface area contributed by atoms with E-state index in [1.165, 1.54) is 36.3 Å². The topological polar surface area (TPSA) is 135 Å². The van der Waals surface area contributed by atoms with Gasteiger partial charge in [0.25, 0.3) is 17.4 Å². The Kier molecular flexibility index (Phi) is 6.76. The van der Waals surface area contributed by atoms with Gasteiger partial charge >= 0.3 is 0 Å². The summed E-state index contributed by atoms with van der Waals surface area (Å²) < 4.78 is 10.7. The number of Topliss-reactive ketones (excluding diaryl/α,β-unsaturated/α-hetero) is 1. The highest BCUT2D eigenvalue weighted by Crippen LogP contribution is 2.41. The minimum absolute atomic E-state index is 0.0684. The fraction of sp³-hybridized carbons (Fsp3) is 0.172. The lowest BCUT2D eigenvalue weighted by Gasteiger charge is -2.25. The molecule has 4 aromatic rings. The maximum atomic E-state index is 13.4. The third-order valence-corrected chi connectivity index (χ3v) is 6.88. The van der Waals surface area contributed by atoms with E-state index >= 15 is 0 Å². The first-order chi connectivity index (χ1) is 18.8. The van der Waals surface area contributed by atoms with Crippen LogP contribution in [0.2, 0.25) is 0 Å². The fourth-order valence-corrected chi connectivity index (χ4v) is 4.92. The number of fused-ring (bicyclic) bond motifs is 1. The molecule has 0 radical (unpaired) electrons. The summed E-state index contributed by atoms with van der Waals surface area (Å²) in [7, 11) is 3.09. The van der Waals surface area contributed by atoms with E-state index in [-0.39, 0.29) is 23.4 Å². The van der Waals surface area contributed by atoms with Crippen molar-refractivity contribution < 1.29 is 29.1 Å². The largest absolute Gasteiger partial charge is 0.507 e. The van der Waals surface area contributed by atoms with E-state index in [2.05, 4.69) is 4.98 Å². The van der Waals surface area contributed by atoms with Crippen molar-refractivity contribution in [3.05, 3.63) is 105 Å². The first-order valence-corrected chi connectivity index (χ1v) is 12.1. The molecular weight excluding hydrogens is 502 g/mol. The zero-order chi connectivity index (χ0) is 27.7. The first-order valence-electron chi connectivity index (χ1n) is 12.1. The number of likely N-dealkylation sites (tertiary alicyclic amines) is 1. The van der Waals surface area contributed by atoms with Crippen LogP contribution >= 0.6 is 0 Å². The monoisotopic (exact) mass is 527 g/mol. The fourth-order valence-electron chi connectivity index (χ4n) is 4.92. The number of hydrogen-bond donors (Lipinski definition) is 2. The number of aromatic nitrogens is 1. The van der Waals surface area contributed by atoms with Gasteiger partial charge in [0.1, 0.15) is 17.3 Å². The molecule has 1 unspecified atom stereocenters. The highest BCUT2D eigenvalue weighted by atomic mass is 16.6. The number of nitrogens with zero attached hydrogens (tertiary/aromatic N) is 2. The van der Waals surface area contributed by atoms with E-state index in [0.717, 1.165) is 16.5 Å². The van der Waals surface area contributed by atoms with Gasteiger partial charge in [0.15, 0.2) is 0 Å². The number of nitro benzene ring substituents is 1. The molecule has 1 fully saturated rings. The van der Waals surface area contributed by atoms with Gasteiger partial charge in [0.05, 0.1) is 30.8 Å². The number of aromatic amines is 1. The summed E-state index contributed by atoms with van der Waals surface area (Å²) in [6.45, 7) is 0.169. The third-order valence-electron chi connectivity index (χ3n) is 6.88. The minimum atomic E-state index is -0.931. The predicted octanol–water partition coefficient (Wildman–Crippen LogP) is 4.76. The normalized spacial score (nSPS) is 16.6. The summed E-state index contributed by atoms with van der Waals surface area (Å²) in [5, 5.41) is 23.5. The molecule has 1 aliphatic rings. The lowest BCUT2D eigenvalue weighted by molar-refractivity contribution is -0.384. The highest BCUT2D eigenvalue weighted by molar-refractivity contribution is 6.46. The number of carbonyl (C=O) groups excluding carboxylic acids is 2. The van der Waals surface area contributed by atoms with Crippen molar-refractivity contribution >= 4 is 34.0 Å². The molecule has 2 heterocycles. The molecule has 1 aliphatic heterocycles. The van der Waals surface area contributed by atoms with Gasteiger partial charge in [-0.15, -0.1) is 0 Å². The second-order valence-corrected chi connectivity index (χ2v) is 9.05. The van der Waals surface area contributed by atoms with Gasteiger partial charge in [0.2, 0.25) is 0 Å². The number of carbonyl (C=O) groups is 2. The Bertz CT molecular complexity index is 1640. The van der Waals surface area contributed by atoms with Crippen LogP contribution in [0.3, 0.4) is 0 Å². The quantitative estimate of drug-likeness (QED) is 0.111. The maximum Gasteiger partial charge on any atom is 0.295 e. The summed E-state index contributed by atoms with van der Waals surface area (Å²) in [5.41, 5.74) is 2.06. The highest BCUT2D eigenvalue weighted by Gasteiger charge is 2.46. The SMILES string of the molecule is COc1cccc(C2/C(=C(/O)c3cccc([N+](=O)[O-])c3)C(=O)C(=O)N2CCc2c[nH]c3ccc(OC)cc23)c1. The number of nitrogens with one attached hydrogen (secondary N) is 1. The lowest BCUT2D eigenvalue weighted by atomic mass is 9.95. The molecule has 1 atom stereocenters. The van der Waals surface area contributed by atoms with Gasteiger partial charge in [-0.25, -0.2) is 0 Å². The van der Waals surface area contributed by atoms with Crippen molar-refractivity contribution in [2.75, 3.05) is 20.8 Å². The van der Waals surface area contributed by atoms with E-state index in [0.29, 0.717) is 23.5 Å². The van der Waals surface area contributed by atoms with Crippen LogP contribution in [0.25, 0.3) is 16.7 Å². The number of ether oxygens (including phenoxy) is 2. The van der Waals surface area contributed by atoms with Gasteiger partial charge in [0, 0.05) is 41.3 Å². The Hall–Kier alpha value is -5.12. The molecule has 10 heteroatoms. The molecule has 5 rings (SSSR count). The summed E-state index contributed by atoms with van der Waals surface area (Å²) in [6.07, 6.45) is 2.27. The molecule has 0 bridgehead atoms. The van der Waals surface area contributed by atoms with Gasteiger partial charge in [-0.05, 0) is 47.9 Å². The number of hydrogen-bond acceptors (Lipinski definition) is 7. The third kappa shape index (κ3) is 4.68. The summed E-state index contributed by atoms with van der Waals surface area (Å²) in [4.78, 5) is 42.0. The molecular formula is C29H25N3O7. The van der Waals surface area contributed by atoms with Crippen molar-refractivity contribution in [1.29, 1.82) is 0 Å². The molecule has 39 heavy (non-hydrogen) atoms. The number of nitro groups is 1. The zero-order valence-electron chi connectivity index (χ0n) is 21.2. The van der Waals surface area contributed by atoms with E-state index in [1.54, 1.807) is 31.4 Å². The van der Waals surface area contributed by atoms with Crippen LogP contribution < -0.4 is 9.47 Å². The van der Waals surface area contributed by atoms with Gasteiger partial charge in [-0.1, -0.05) is 24.3 Å². The summed E-state index contributed by atoms with van der Waals surface area (Å²) >= 11 is 0. The predicted molar refractivity (Wildman–Crippen MR) is 144 cm³/mol. The van der Waals surface area contributed by atoms with Crippen LogP contribution in [0, 0.1) is 10.1 Å². The number of amides is 1. The van der Waals surface area contributed by atoms with Crippen molar-refractivity contribution in [2.45, 2.75) is 12.5 Å². The molecule has 10 nitrogen and oxygen atoms in total. The Balaban J connectivity index is 1.58. The number of rotatable bonds is 8. The average molecular weight is 528 g/mol. The van der Waals surface area contributed by atoms with Gasteiger partial charge < -0.3 is 24.5 Å². The molecule has 198 valence electrons. The Morgan fingerprint density at radius 3 is 2.51 bits per heavy atom. The number of methoxy groups -OCH3 is 2. The van der Waals surface area contributed by atoms with E-state index in [1.807, 2.05) is 24.4 Å². The van der Waals surface area contributed by atoms with Crippen LogP contribution in [-0.4, -0.2) is 52.4 Å². The summed E-state index contributed by atoms with van der Waals surface area (Å²) in [5.74, 6) is -0.918. The Morgan fingerprint density at radius 1 is 1.03 bits per heavy atom. The van der Waals surface area contributed by atoms with Crippen LogP contribution in [-0.2, 0) is 16.0 Å². The smallest absolute Gasteiger partial charge is 0.295 e. The summed E-state index contributed by atoms with van der Waals surface area (Å²) in [6, 6.07) is 16.9. The maximum absolute atomic E-state index is 13.4. The van der Waals surface area contributed by atoms with Crippen LogP contribution in [0.1, 0.15) is 22.7 Å². The number of non-ortho nitro benzene ring substituents is 1. The van der Waals surface area contributed by atoms with Crippen molar-refractivity contribution in [1.82, 2.24) is 9.88 Å². The van der Waals surface area contributed by atoms with E-state index in [4.69, 9.17) is 9.47 Å². The number of aliphatic hydroxyl groups excluding tert-OH is 1. The van der Waals surface area contributed by atoms with Crippen LogP contribution in [0.5, 0.6) is 11.5 Å². The molecule has 1 saturated heterocycles. The molecule has 0 spiro atoms. The van der Waals surface area contributed by atoms with Crippen molar-refractivity contribution in [2.24, 2.45) is 0 Å². The second-order valence-electron chi connectivity index (χ2n) is 9.05. The number of ketones is 1. The number of benzene rings is 3. The molecule has 0 saturated carbocycles. The van der Waals surface area contributed by atoms with Crippen LogP contribution in [0.4, 0.5) is 5.69 Å². The standard InChI is InChI=1S/C29H25N3O7/c1-38-21-8-4-5-17(14-21)26-25(27(33)18-6-3-7-20(13-18)32(36)37)28(34)29(35)31(26)12-11-19-16-30-24-10-9-22(39-2)15-23(19)24/h3-10,13-16,26,30,33H,11-12H2,1-2H3/b27-25-. The zero-order valence-corrected chi connectivity index (χ0v) is 21.2. The molecule has 0 aliphatic carbocycles. The second kappa shape index (κ2) is 10.3. The minimum Gasteiger partial charge on any atom is -0.507 e. The van der Waals surface area contributed by atoms with Gasteiger partial charge in [-0.2, -0.15) is 0 Å². The molecule has 2 N–H and O–H groups in total. The Labute approximate surface area is 223 Å². The van der Waals surface area contributed by atoms with E-state index in [9.17, 15) is 24.8 Å². The number of aliphatic hydroxyl groups is 1. The lowest BCUT2D eigenvalue weighted by Crippen LogP contribution is -2.31. The molecule has 1 aromatic heterocycles. The average Bonchev–Trinajstić information content (AvgIpc) is 3.48. The first kappa shape index (κ1) is 25.5. The van der Waals surface area contributed by atoms with Crippen molar-refractivity contribution in [3.63, 3.8) is 0 Å². The molecule has 3 aromatic carbocycles. The molecule has 1 amide bonds.